The summed E-state index contributed by atoms with van der Waals surface area (Å²) in [5.74, 6) is 0.165. The molecule has 26 heavy (non-hydrogen) atoms. The molecular formula is C19H29N3O4. The van der Waals surface area contributed by atoms with E-state index in [4.69, 9.17) is 9.47 Å². The van der Waals surface area contributed by atoms with Crippen LogP contribution in [0.25, 0.3) is 0 Å². The normalized spacial score (nSPS) is 37.0. The molecule has 4 rings (SSSR count). The Labute approximate surface area is 154 Å². The SMILES string of the molecule is O=C(CCN1C=NC2CCCCC2C1=O)NC1CCC2OCCOC2C1. The van der Waals surface area contributed by atoms with Crippen LogP contribution in [0.3, 0.4) is 0 Å². The van der Waals surface area contributed by atoms with Crippen molar-refractivity contribution in [3.8, 4) is 0 Å². The van der Waals surface area contributed by atoms with E-state index in [1.54, 1.807) is 11.2 Å². The molecule has 1 N–H and O–H groups in total. The van der Waals surface area contributed by atoms with E-state index in [1.165, 1.54) is 0 Å². The van der Waals surface area contributed by atoms with Crippen LogP contribution in [0.5, 0.6) is 0 Å². The van der Waals surface area contributed by atoms with Gasteiger partial charge in [-0.3, -0.25) is 14.6 Å². The number of nitrogens with one attached hydrogen (secondary N) is 1. The van der Waals surface area contributed by atoms with Crippen molar-refractivity contribution in [3.05, 3.63) is 0 Å². The van der Waals surface area contributed by atoms with E-state index in [1.807, 2.05) is 0 Å². The van der Waals surface area contributed by atoms with Gasteiger partial charge in [0.1, 0.15) is 0 Å². The molecule has 1 saturated heterocycles. The van der Waals surface area contributed by atoms with Crippen molar-refractivity contribution >= 4 is 18.2 Å². The van der Waals surface area contributed by atoms with Gasteiger partial charge in [0.05, 0.1) is 43.7 Å². The molecule has 2 amide bonds. The first-order valence-corrected chi connectivity index (χ1v) is 10.1. The molecule has 5 atom stereocenters. The van der Waals surface area contributed by atoms with E-state index in [0.717, 1.165) is 44.9 Å². The minimum Gasteiger partial charge on any atom is -0.373 e. The Hall–Kier alpha value is -1.47. The van der Waals surface area contributed by atoms with Gasteiger partial charge in [-0.1, -0.05) is 12.8 Å². The van der Waals surface area contributed by atoms with Crippen LogP contribution in [-0.4, -0.2) is 67.1 Å². The summed E-state index contributed by atoms with van der Waals surface area (Å²) in [6.45, 7) is 1.72. The number of hydrogen-bond acceptors (Lipinski definition) is 5. The molecule has 2 aliphatic carbocycles. The van der Waals surface area contributed by atoms with E-state index in [0.29, 0.717) is 26.2 Å². The highest BCUT2D eigenvalue weighted by Crippen LogP contribution is 2.30. The third-order valence-corrected chi connectivity index (χ3v) is 6.15. The quantitative estimate of drug-likeness (QED) is 0.815. The van der Waals surface area contributed by atoms with Crippen molar-refractivity contribution in [2.24, 2.45) is 10.9 Å². The predicted molar refractivity (Wildman–Crippen MR) is 95.8 cm³/mol. The fourth-order valence-electron chi connectivity index (χ4n) is 4.70. The minimum absolute atomic E-state index is 0.00264. The molecule has 2 aliphatic heterocycles. The summed E-state index contributed by atoms with van der Waals surface area (Å²) in [7, 11) is 0. The van der Waals surface area contributed by atoms with E-state index < -0.39 is 0 Å². The average Bonchev–Trinajstić information content (AvgIpc) is 2.67. The van der Waals surface area contributed by atoms with Crippen molar-refractivity contribution in [1.82, 2.24) is 10.2 Å². The first-order chi connectivity index (χ1) is 12.7. The number of hydrogen-bond donors (Lipinski definition) is 1. The second kappa shape index (κ2) is 8.05. The molecule has 0 spiro atoms. The Bertz CT molecular complexity index is 567. The summed E-state index contributed by atoms with van der Waals surface area (Å²) in [5, 5.41) is 3.11. The lowest BCUT2D eigenvalue weighted by Crippen LogP contribution is -2.50. The molecular weight excluding hydrogens is 334 g/mol. The van der Waals surface area contributed by atoms with Crippen LogP contribution in [0, 0.1) is 5.92 Å². The lowest BCUT2D eigenvalue weighted by atomic mass is 9.83. The van der Waals surface area contributed by atoms with Gasteiger partial charge in [-0.15, -0.1) is 0 Å². The van der Waals surface area contributed by atoms with Crippen LogP contribution >= 0.6 is 0 Å². The molecule has 144 valence electrons. The summed E-state index contributed by atoms with van der Waals surface area (Å²) >= 11 is 0. The number of carbonyl (C=O) groups is 2. The highest BCUT2D eigenvalue weighted by Gasteiger charge is 2.37. The summed E-state index contributed by atoms with van der Waals surface area (Å²) in [6.07, 6.45) is 9.11. The molecule has 4 aliphatic rings. The highest BCUT2D eigenvalue weighted by atomic mass is 16.6. The van der Waals surface area contributed by atoms with Gasteiger partial charge in [-0.2, -0.15) is 0 Å². The first kappa shape index (κ1) is 17.9. The molecule has 7 nitrogen and oxygen atoms in total. The minimum atomic E-state index is -0.00264. The molecule has 2 heterocycles. The van der Waals surface area contributed by atoms with E-state index >= 15 is 0 Å². The van der Waals surface area contributed by atoms with Crippen LogP contribution in [0.1, 0.15) is 51.4 Å². The lowest BCUT2D eigenvalue weighted by Gasteiger charge is -2.39. The maximum Gasteiger partial charge on any atom is 0.232 e. The average molecular weight is 363 g/mol. The second-order valence-electron chi connectivity index (χ2n) is 7.90. The smallest absolute Gasteiger partial charge is 0.232 e. The van der Waals surface area contributed by atoms with Crippen LogP contribution in [0.2, 0.25) is 0 Å². The topological polar surface area (TPSA) is 80.2 Å². The van der Waals surface area contributed by atoms with Gasteiger partial charge in [0, 0.05) is 19.0 Å². The number of ether oxygens (including phenoxy) is 2. The Balaban J connectivity index is 1.23. The predicted octanol–water partition coefficient (Wildman–Crippen LogP) is 1.26. The van der Waals surface area contributed by atoms with Gasteiger partial charge >= 0.3 is 0 Å². The fraction of sp³-hybridized carbons (Fsp3) is 0.842. The van der Waals surface area contributed by atoms with Gasteiger partial charge in [0.25, 0.3) is 0 Å². The maximum absolute atomic E-state index is 12.6. The van der Waals surface area contributed by atoms with E-state index in [2.05, 4.69) is 10.3 Å². The Morgan fingerprint density at radius 3 is 2.85 bits per heavy atom. The number of aliphatic imine (C=N–C) groups is 1. The number of amides is 2. The van der Waals surface area contributed by atoms with E-state index in [9.17, 15) is 9.59 Å². The van der Waals surface area contributed by atoms with Crippen molar-refractivity contribution < 1.29 is 19.1 Å². The molecule has 0 aromatic rings. The molecule has 3 fully saturated rings. The van der Waals surface area contributed by atoms with Crippen LogP contribution in [0.15, 0.2) is 4.99 Å². The number of rotatable bonds is 4. The van der Waals surface area contributed by atoms with Gasteiger partial charge in [0.15, 0.2) is 0 Å². The molecule has 5 unspecified atom stereocenters. The molecule has 0 bridgehead atoms. The lowest BCUT2D eigenvalue weighted by molar-refractivity contribution is -0.158. The summed E-state index contributed by atoms with van der Waals surface area (Å²) < 4.78 is 11.5. The summed E-state index contributed by atoms with van der Waals surface area (Å²) in [4.78, 5) is 31.1. The Kier molecular flexibility index (Phi) is 5.55. The molecule has 7 heteroatoms. The Morgan fingerprint density at radius 1 is 1.15 bits per heavy atom. The van der Waals surface area contributed by atoms with E-state index in [-0.39, 0.29) is 42.0 Å². The number of carbonyl (C=O) groups excluding carboxylic acids is 2. The molecule has 2 saturated carbocycles. The first-order valence-electron chi connectivity index (χ1n) is 10.1. The van der Waals surface area contributed by atoms with Crippen LogP contribution in [0.4, 0.5) is 0 Å². The zero-order valence-corrected chi connectivity index (χ0v) is 15.3. The fourth-order valence-corrected chi connectivity index (χ4v) is 4.70. The molecule has 0 aromatic carbocycles. The zero-order chi connectivity index (χ0) is 17.9. The van der Waals surface area contributed by atoms with Crippen LogP contribution in [-0.2, 0) is 19.1 Å². The number of nitrogens with zero attached hydrogens (tertiary/aromatic N) is 2. The van der Waals surface area contributed by atoms with Gasteiger partial charge in [-0.05, 0) is 32.1 Å². The monoisotopic (exact) mass is 363 g/mol. The van der Waals surface area contributed by atoms with Crippen molar-refractivity contribution in [2.45, 2.75) is 75.7 Å². The summed E-state index contributed by atoms with van der Waals surface area (Å²) in [6, 6.07) is 0.299. The second-order valence-corrected chi connectivity index (χ2v) is 7.90. The van der Waals surface area contributed by atoms with Crippen molar-refractivity contribution in [1.29, 1.82) is 0 Å². The molecule has 0 radical (unpaired) electrons. The third-order valence-electron chi connectivity index (χ3n) is 6.15. The van der Waals surface area contributed by atoms with Gasteiger partial charge in [-0.25, -0.2) is 0 Å². The number of fused-ring (bicyclic) bond motifs is 2. The maximum atomic E-state index is 12.6. The zero-order valence-electron chi connectivity index (χ0n) is 15.3. The highest BCUT2D eigenvalue weighted by molar-refractivity contribution is 5.92. The third kappa shape index (κ3) is 3.93. The van der Waals surface area contributed by atoms with Gasteiger partial charge < -0.3 is 19.7 Å². The van der Waals surface area contributed by atoms with Crippen molar-refractivity contribution in [2.75, 3.05) is 19.8 Å². The molecule has 0 aromatic heterocycles. The Morgan fingerprint density at radius 2 is 1.96 bits per heavy atom. The largest absolute Gasteiger partial charge is 0.373 e. The van der Waals surface area contributed by atoms with Crippen LogP contribution < -0.4 is 5.32 Å². The summed E-state index contributed by atoms with van der Waals surface area (Å²) in [5.41, 5.74) is 0. The van der Waals surface area contributed by atoms with Gasteiger partial charge in [0.2, 0.25) is 11.8 Å². The standard InChI is InChI=1S/C19H29N3O4/c23-18(21-13-5-6-16-17(11-13)26-10-9-25-16)7-8-22-12-20-15-4-2-1-3-14(15)19(22)24/h12-17H,1-11H2,(H,21,23). The van der Waals surface area contributed by atoms with Crippen molar-refractivity contribution in [3.63, 3.8) is 0 Å².